The smallest absolute Gasteiger partial charge is 0.319 e. The fourth-order valence-corrected chi connectivity index (χ4v) is 5.05. The SMILES string of the molecule is Cc1cc(C)c(COc2nsc(NC(=O)NCCCCCN3CCN(CCO)CC3)c2C(N)=O)c(F)c1. The lowest BCUT2D eigenvalue weighted by molar-refractivity contribution is 0.0996. The third-order valence-corrected chi connectivity index (χ3v) is 7.11. The second kappa shape index (κ2) is 14.2. The second-order valence-electron chi connectivity index (χ2n) is 9.24. The zero-order valence-electron chi connectivity index (χ0n) is 21.5. The summed E-state index contributed by atoms with van der Waals surface area (Å²) in [5, 5.41) is 14.6. The molecule has 3 rings (SSSR count). The molecule has 1 aromatic carbocycles. The molecule has 1 aromatic heterocycles. The molecule has 0 unspecified atom stereocenters. The summed E-state index contributed by atoms with van der Waals surface area (Å²) in [6, 6.07) is 2.80. The predicted octanol–water partition coefficient (Wildman–Crippen LogP) is 2.48. The highest BCUT2D eigenvalue weighted by Gasteiger charge is 2.22. The number of carbonyl (C=O) groups excluding carboxylic acids is 2. The minimum atomic E-state index is -0.794. The maximum absolute atomic E-state index is 14.3. The quantitative estimate of drug-likeness (QED) is 0.289. The third-order valence-electron chi connectivity index (χ3n) is 6.37. The van der Waals surface area contributed by atoms with Crippen LogP contribution in [0.4, 0.5) is 14.2 Å². The first kappa shape index (κ1) is 28.8. The van der Waals surface area contributed by atoms with E-state index in [2.05, 4.69) is 24.8 Å². The number of rotatable bonds is 13. The maximum atomic E-state index is 14.3. The van der Waals surface area contributed by atoms with E-state index in [1.807, 2.05) is 6.07 Å². The summed E-state index contributed by atoms with van der Waals surface area (Å²) in [5.41, 5.74) is 7.37. The number of amides is 3. The topological polar surface area (TPSA) is 133 Å². The van der Waals surface area contributed by atoms with Gasteiger partial charge in [-0.2, -0.15) is 4.37 Å². The highest BCUT2D eigenvalue weighted by Crippen LogP contribution is 2.31. The van der Waals surface area contributed by atoms with Crippen LogP contribution in [-0.2, 0) is 6.61 Å². The van der Waals surface area contributed by atoms with Crippen LogP contribution in [-0.4, -0.2) is 83.6 Å². The van der Waals surface area contributed by atoms with Crippen LogP contribution in [0.1, 0.15) is 46.3 Å². The number of hydrogen-bond donors (Lipinski definition) is 4. The molecule has 1 aliphatic heterocycles. The first-order valence-corrected chi connectivity index (χ1v) is 13.3. The zero-order chi connectivity index (χ0) is 26.8. The zero-order valence-corrected chi connectivity index (χ0v) is 22.3. The van der Waals surface area contributed by atoms with Crippen LogP contribution in [0.5, 0.6) is 5.88 Å². The molecule has 10 nitrogen and oxygen atoms in total. The molecule has 0 saturated carbocycles. The van der Waals surface area contributed by atoms with E-state index in [1.54, 1.807) is 13.8 Å². The van der Waals surface area contributed by atoms with E-state index >= 15 is 0 Å². The van der Waals surface area contributed by atoms with Crippen molar-refractivity contribution in [2.75, 3.05) is 57.7 Å². The van der Waals surface area contributed by atoms with E-state index in [0.717, 1.165) is 81.2 Å². The van der Waals surface area contributed by atoms with E-state index in [0.29, 0.717) is 12.1 Å². The monoisotopic (exact) mass is 536 g/mol. The summed E-state index contributed by atoms with van der Waals surface area (Å²) in [6.45, 7) is 9.95. The summed E-state index contributed by atoms with van der Waals surface area (Å²) < 4.78 is 24.0. The molecule has 0 spiro atoms. The van der Waals surface area contributed by atoms with Crippen molar-refractivity contribution in [3.05, 3.63) is 40.2 Å². The summed E-state index contributed by atoms with van der Waals surface area (Å²) in [5.74, 6) is -1.23. The van der Waals surface area contributed by atoms with Crippen molar-refractivity contribution in [1.82, 2.24) is 19.5 Å². The Labute approximate surface area is 221 Å². The summed E-state index contributed by atoms with van der Waals surface area (Å²) in [4.78, 5) is 29.1. The van der Waals surface area contributed by atoms with Crippen molar-refractivity contribution in [2.45, 2.75) is 39.7 Å². The summed E-state index contributed by atoms with van der Waals surface area (Å²) in [7, 11) is 0. The van der Waals surface area contributed by atoms with Crippen molar-refractivity contribution in [3.63, 3.8) is 0 Å². The molecule has 0 bridgehead atoms. The van der Waals surface area contributed by atoms with E-state index in [9.17, 15) is 14.0 Å². The molecule has 12 heteroatoms. The number of nitrogens with one attached hydrogen (secondary N) is 2. The van der Waals surface area contributed by atoms with Gasteiger partial charge >= 0.3 is 6.03 Å². The minimum Gasteiger partial charge on any atom is -0.471 e. The number of hydrogen-bond acceptors (Lipinski definition) is 8. The van der Waals surface area contributed by atoms with Crippen molar-refractivity contribution in [2.24, 2.45) is 5.73 Å². The Kier molecular flexibility index (Phi) is 11.1. The first-order valence-electron chi connectivity index (χ1n) is 12.6. The molecule has 0 aliphatic carbocycles. The van der Waals surface area contributed by atoms with Gasteiger partial charge in [0.15, 0.2) is 0 Å². The Morgan fingerprint density at radius 3 is 2.49 bits per heavy atom. The number of nitrogens with two attached hydrogens (primary N) is 1. The Balaban J connectivity index is 1.40. The van der Waals surface area contributed by atoms with E-state index in [-0.39, 0.29) is 29.7 Å². The largest absolute Gasteiger partial charge is 0.471 e. The number of urea groups is 1. The van der Waals surface area contributed by atoms with Gasteiger partial charge in [0.1, 0.15) is 23.0 Å². The van der Waals surface area contributed by atoms with Crippen LogP contribution in [0.25, 0.3) is 0 Å². The molecular formula is C25H37FN6O4S. The van der Waals surface area contributed by atoms with Gasteiger partial charge in [-0.1, -0.05) is 12.5 Å². The molecule has 0 radical (unpaired) electrons. The van der Waals surface area contributed by atoms with E-state index in [4.69, 9.17) is 15.6 Å². The van der Waals surface area contributed by atoms with Crippen molar-refractivity contribution in [3.8, 4) is 5.88 Å². The van der Waals surface area contributed by atoms with Gasteiger partial charge in [-0.25, -0.2) is 9.18 Å². The molecule has 0 atom stereocenters. The number of anilines is 1. The molecule has 5 N–H and O–H groups in total. The Morgan fingerprint density at radius 2 is 1.84 bits per heavy atom. The van der Waals surface area contributed by atoms with Crippen LogP contribution >= 0.6 is 11.5 Å². The van der Waals surface area contributed by atoms with Gasteiger partial charge in [0.05, 0.1) is 6.61 Å². The van der Waals surface area contributed by atoms with Gasteiger partial charge in [0, 0.05) is 44.8 Å². The van der Waals surface area contributed by atoms with Gasteiger partial charge in [-0.15, -0.1) is 0 Å². The third kappa shape index (κ3) is 8.63. The summed E-state index contributed by atoms with van der Waals surface area (Å²) in [6.07, 6.45) is 2.86. The number of β-amino-alcohol motifs (C(OH)–C–C–N with tert-alkyl or cyclic N) is 1. The first-order chi connectivity index (χ1) is 17.8. The van der Waals surface area contributed by atoms with Gasteiger partial charge in [0.2, 0.25) is 5.88 Å². The number of unbranched alkanes of at least 4 members (excludes halogenated alkanes) is 2. The maximum Gasteiger partial charge on any atom is 0.319 e. The lowest BCUT2D eigenvalue weighted by Gasteiger charge is -2.34. The van der Waals surface area contributed by atoms with Crippen molar-refractivity contribution >= 4 is 28.5 Å². The van der Waals surface area contributed by atoms with Crippen LogP contribution in [0, 0.1) is 19.7 Å². The number of aromatic nitrogens is 1. The number of primary amides is 1. The van der Waals surface area contributed by atoms with Crippen molar-refractivity contribution in [1.29, 1.82) is 0 Å². The molecule has 3 amide bonds. The number of benzene rings is 1. The Hall–Kier alpha value is -2.80. The molecule has 2 heterocycles. The van der Waals surface area contributed by atoms with Gasteiger partial charge in [0.25, 0.3) is 5.91 Å². The molecule has 2 aromatic rings. The van der Waals surface area contributed by atoms with Gasteiger partial charge in [-0.3, -0.25) is 15.0 Å². The van der Waals surface area contributed by atoms with E-state index < -0.39 is 17.8 Å². The van der Waals surface area contributed by atoms with Crippen molar-refractivity contribution < 1.29 is 23.8 Å². The molecular weight excluding hydrogens is 499 g/mol. The van der Waals surface area contributed by atoms with Crippen LogP contribution < -0.4 is 21.1 Å². The average Bonchev–Trinajstić information content (AvgIpc) is 3.24. The predicted molar refractivity (Wildman–Crippen MR) is 142 cm³/mol. The number of aliphatic hydroxyl groups excluding tert-OH is 1. The molecule has 1 saturated heterocycles. The summed E-state index contributed by atoms with van der Waals surface area (Å²) >= 11 is 0.881. The average molecular weight is 537 g/mol. The number of aliphatic hydroxyl groups is 1. The highest BCUT2D eigenvalue weighted by molar-refractivity contribution is 7.11. The normalized spacial score (nSPS) is 14.5. The lowest BCUT2D eigenvalue weighted by Crippen LogP contribution is -2.47. The molecule has 204 valence electrons. The molecule has 1 fully saturated rings. The second-order valence-corrected chi connectivity index (χ2v) is 10.0. The minimum absolute atomic E-state index is 0.0376. The lowest BCUT2D eigenvalue weighted by atomic mass is 10.1. The van der Waals surface area contributed by atoms with Gasteiger partial charge < -0.3 is 25.8 Å². The molecule has 1 aliphatic rings. The number of carbonyl (C=O) groups is 2. The fraction of sp³-hybridized carbons (Fsp3) is 0.560. The number of piperazine rings is 1. The molecule has 37 heavy (non-hydrogen) atoms. The number of nitrogens with zero attached hydrogens (tertiary/aromatic N) is 3. The van der Waals surface area contributed by atoms with Gasteiger partial charge in [-0.05, 0) is 62.0 Å². The van der Waals surface area contributed by atoms with E-state index in [1.165, 1.54) is 6.07 Å². The standard InChI is InChI=1S/C25H37FN6O4S/c1-17-14-18(2)19(20(26)15-17)16-36-23-21(22(27)34)24(37-30-23)29-25(35)28-6-4-3-5-7-31-8-10-32(11-9-31)12-13-33/h14-15,33H,3-13,16H2,1-2H3,(H2,27,34)(H2,28,29,35). The Bertz CT molecular complexity index is 1030. The van der Waals surface area contributed by atoms with Crippen LogP contribution in [0.15, 0.2) is 12.1 Å². The number of ether oxygens (including phenoxy) is 1. The number of halogens is 1. The fourth-order valence-electron chi connectivity index (χ4n) is 4.31. The van der Waals surface area contributed by atoms with Crippen LogP contribution in [0.3, 0.4) is 0 Å². The number of aryl methyl sites for hydroxylation is 2. The Morgan fingerprint density at radius 1 is 1.14 bits per heavy atom. The van der Waals surface area contributed by atoms with Crippen LogP contribution in [0.2, 0.25) is 0 Å². The highest BCUT2D eigenvalue weighted by atomic mass is 32.1.